The molecule has 0 fully saturated rings. The van der Waals surface area contributed by atoms with Crippen LogP contribution in [0.1, 0.15) is 5.56 Å². The molecule has 1 rings (SSSR count). The Kier molecular flexibility index (Phi) is 5.74. The highest BCUT2D eigenvalue weighted by Crippen LogP contribution is 2.33. The van der Waals surface area contributed by atoms with Crippen molar-refractivity contribution in [1.29, 1.82) is 0 Å². The maximum Gasteiger partial charge on any atom is 0.162 e. The van der Waals surface area contributed by atoms with Crippen molar-refractivity contribution in [3.8, 4) is 11.5 Å². The van der Waals surface area contributed by atoms with E-state index >= 15 is 0 Å². The minimum Gasteiger partial charge on any atom is -0.504 e. The third-order valence-corrected chi connectivity index (χ3v) is 3.22. The van der Waals surface area contributed by atoms with Gasteiger partial charge in [-0.2, -0.15) is 0 Å². The number of rotatable bonds is 6. The summed E-state index contributed by atoms with van der Waals surface area (Å²) in [6.45, 7) is 1.08. The van der Waals surface area contributed by atoms with Crippen LogP contribution in [0.2, 0.25) is 5.02 Å². The average molecular weight is 278 g/mol. The number of phenols is 1. The van der Waals surface area contributed by atoms with E-state index in [1.165, 1.54) is 7.11 Å². The Balaban J connectivity index is 2.64. The number of hydrogen-bond acceptors (Lipinski definition) is 4. The maximum atomic E-state index is 10.9. The summed E-state index contributed by atoms with van der Waals surface area (Å²) in [5.74, 6) is 1.02. The Labute approximate surface area is 108 Å². The molecule has 0 aliphatic carbocycles. The normalized spacial score (nSPS) is 12.4. The second-order valence-corrected chi connectivity index (χ2v) is 5.56. The summed E-state index contributed by atoms with van der Waals surface area (Å²) in [6.07, 6.45) is 1.65. The molecule has 0 amide bonds. The average Bonchev–Trinajstić information content (AvgIpc) is 2.28. The highest BCUT2D eigenvalue weighted by molar-refractivity contribution is 7.84. The fourth-order valence-corrected chi connectivity index (χ4v) is 2.02. The van der Waals surface area contributed by atoms with Crippen molar-refractivity contribution >= 4 is 22.4 Å². The molecule has 4 nitrogen and oxygen atoms in total. The number of nitrogens with one attached hydrogen (secondary N) is 1. The van der Waals surface area contributed by atoms with E-state index in [4.69, 9.17) is 16.3 Å². The number of ether oxygens (including phenoxy) is 1. The van der Waals surface area contributed by atoms with Gasteiger partial charge >= 0.3 is 0 Å². The van der Waals surface area contributed by atoms with E-state index in [0.29, 0.717) is 35.2 Å². The van der Waals surface area contributed by atoms with E-state index in [9.17, 15) is 9.32 Å². The van der Waals surface area contributed by atoms with Crippen LogP contribution in [0.25, 0.3) is 0 Å². The lowest BCUT2D eigenvalue weighted by molar-refractivity contribution is 0.370. The number of halogens is 1. The van der Waals surface area contributed by atoms with Gasteiger partial charge in [0.05, 0.1) is 7.11 Å². The van der Waals surface area contributed by atoms with Gasteiger partial charge in [0, 0.05) is 52.6 Å². The highest BCUT2D eigenvalue weighted by Gasteiger charge is 2.09. The maximum absolute atomic E-state index is 10.9. The van der Waals surface area contributed by atoms with Gasteiger partial charge in [0.1, 0.15) is 0 Å². The number of methoxy groups -OCH3 is 1. The fraction of sp³-hybridized carbons (Fsp3) is 0.455. The first-order chi connectivity index (χ1) is 8.04. The second kappa shape index (κ2) is 6.83. The van der Waals surface area contributed by atoms with Crippen LogP contribution >= 0.6 is 11.6 Å². The smallest absolute Gasteiger partial charge is 0.162 e. The van der Waals surface area contributed by atoms with Crippen molar-refractivity contribution in [2.24, 2.45) is 0 Å². The zero-order valence-electron chi connectivity index (χ0n) is 9.83. The molecule has 1 atom stereocenters. The Bertz CT molecular complexity index is 412. The number of hydrogen-bond donors (Lipinski definition) is 2. The van der Waals surface area contributed by atoms with Crippen molar-refractivity contribution < 1.29 is 14.1 Å². The molecule has 2 N–H and O–H groups in total. The van der Waals surface area contributed by atoms with Gasteiger partial charge in [-0.1, -0.05) is 11.6 Å². The molecule has 1 aromatic rings. The molecule has 6 heteroatoms. The lowest BCUT2D eigenvalue weighted by atomic mass is 10.2. The van der Waals surface area contributed by atoms with Crippen molar-refractivity contribution in [1.82, 2.24) is 5.32 Å². The summed E-state index contributed by atoms with van der Waals surface area (Å²) < 4.78 is 15.9. The molecule has 1 unspecified atom stereocenters. The molecule has 0 spiro atoms. The van der Waals surface area contributed by atoms with Gasteiger partial charge in [0.15, 0.2) is 11.5 Å². The Hall–Kier alpha value is -0.780. The SMILES string of the molecule is COc1cc(Cl)cc(CNCCS(C)=O)c1O. The van der Waals surface area contributed by atoms with E-state index in [-0.39, 0.29) is 5.75 Å². The first kappa shape index (κ1) is 14.3. The molecule has 0 saturated heterocycles. The highest BCUT2D eigenvalue weighted by atomic mass is 35.5. The molecular formula is C11H16ClNO3S. The van der Waals surface area contributed by atoms with E-state index in [2.05, 4.69) is 5.32 Å². The van der Waals surface area contributed by atoms with Crippen LogP contribution in [0.4, 0.5) is 0 Å². The summed E-state index contributed by atoms with van der Waals surface area (Å²) >= 11 is 5.90. The number of aromatic hydroxyl groups is 1. The Morgan fingerprint density at radius 3 is 2.82 bits per heavy atom. The summed E-state index contributed by atoms with van der Waals surface area (Å²) in [6, 6.07) is 3.23. The van der Waals surface area contributed by atoms with Gasteiger partial charge in [-0.25, -0.2) is 0 Å². The van der Waals surface area contributed by atoms with Gasteiger partial charge < -0.3 is 15.2 Å². The van der Waals surface area contributed by atoms with E-state index < -0.39 is 10.8 Å². The minimum absolute atomic E-state index is 0.0852. The van der Waals surface area contributed by atoms with E-state index in [0.717, 1.165) is 0 Å². The van der Waals surface area contributed by atoms with Crippen LogP contribution < -0.4 is 10.1 Å². The molecule has 0 aromatic heterocycles. The van der Waals surface area contributed by atoms with Crippen LogP contribution in [0.5, 0.6) is 11.5 Å². The molecule has 0 radical (unpaired) electrons. The van der Waals surface area contributed by atoms with Crippen LogP contribution in [-0.2, 0) is 17.3 Å². The summed E-state index contributed by atoms with van der Waals surface area (Å²) in [4.78, 5) is 0. The molecule has 0 aliphatic rings. The fourth-order valence-electron chi connectivity index (χ4n) is 1.36. The van der Waals surface area contributed by atoms with Gasteiger partial charge in [-0.05, 0) is 6.07 Å². The van der Waals surface area contributed by atoms with Crippen molar-refractivity contribution in [2.75, 3.05) is 25.7 Å². The van der Waals surface area contributed by atoms with Crippen LogP contribution in [0, 0.1) is 0 Å². The zero-order chi connectivity index (χ0) is 12.8. The molecule has 0 saturated carbocycles. The van der Waals surface area contributed by atoms with Crippen molar-refractivity contribution in [3.05, 3.63) is 22.7 Å². The molecule has 96 valence electrons. The Morgan fingerprint density at radius 2 is 2.24 bits per heavy atom. The molecule has 0 aliphatic heterocycles. The van der Waals surface area contributed by atoms with E-state index in [1.54, 1.807) is 18.4 Å². The molecule has 0 bridgehead atoms. The third kappa shape index (κ3) is 4.53. The second-order valence-electron chi connectivity index (χ2n) is 3.57. The largest absolute Gasteiger partial charge is 0.504 e. The van der Waals surface area contributed by atoms with Gasteiger partial charge in [0.2, 0.25) is 0 Å². The lowest BCUT2D eigenvalue weighted by Gasteiger charge is -2.10. The van der Waals surface area contributed by atoms with Crippen LogP contribution in [0.3, 0.4) is 0 Å². The minimum atomic E-state index is -0.815. The van der Waals surface area contributed by atoms with Gasteiger partial charge in [-0.3, -0.25) is 4.21 Å². The first-order valence-corrected chi connectivity index (χ1v) is 7.21. The summed E-state index contributed by atoms with van der Waals surface area (Å²) in [5.41, 5.74) is 0.663. The van der Waals surface area contributed by atoms with Gasteiger partial charge in [-0.15, -0.1) is 0 Å². The summed E-state index contributed by atoms with van der Waals surface area (Å²) in [5, 5.41) is 13.4. The predicted molar refractivity (Wildman–Crippen MR) is 70.3 cm³/mol. The first-order valence-electron chi connectivity index (χ1n) is 5.10. The molecule has 1 aromatic carbocycles. The Morgan fingerprint density at radius 1 is 1.53 bits per heavy atom. The van der Waals surface area contributed by atoms with E-state index in [1.807, 2.05) is 0 Å². The van der Waals surface area contributed by atoms with Crippen LogP contribution in [-0.4, -0.2) is 35.0 Å². The van der Waals surface area contributed by atoms with Crippen molar-refractivity contribution in [2.45, 2.75) is 6.54 Å². The number of benzene rings is 1. The predicted octanol–water partition coefficient (Wildman–Crippen LogP) is 1.52. The number of phenolic OH excluding ortho intramolecular Hbond substituents is 1. The third-order valence-electron chi connectivity index (χ3n) is 2.22. The topological polar surface area (TPSA) is 58.6 Å². The molecule has 17 heavy (non-hydrogen) atoms. The van der Waals surface area contributed by atoms with Crippen molar-refractivity contribution in [3.63, 3.8) is 0 Å². The standard InChI is InChI=1S/C11H16ClNO3S/c1-16-10-6-9(12)5-8(11(10)14)7-13-3-4-17(2)15/h5-6,13-14H,3-4,7H2,1-2H3. The van der Waals surface area contributed by atoms with Crippen LogP contribution in [0.15, 0.2) is 12.1 Å². The zero-order valence-corrected chi connectivity index (χ0v) is 11.4. The lowest BCUT2D eigenvalue weighted by Crippen LogP contribution is -2.19. The van der Waals surface area contributed by atoms with Gasteiger partial charge in [0.25, 0.3) is 0 Å². The molecular weight excluding hydrogens is 262 g/mol. The molecule has 0 heterocycles. The quantitative estimate of drug-likeness (QED) is 0.774. The summed E-state index contributed by atoms with van der Waals surface area (Å²) in [7, 11) is 0.660. The monoisotopic (exact) mass is 277 g/mol.